The minimum absolute atomic E-state index is 0.0707. The summed E-state index contributed by atoms with van der Waals surface area (Å²) in [6.07, 6.45) is 0.0707. The molecule has 2 aromatic carbocycles. The molecule has 5 heteroatoms. The molecular weight excluding hydrogens is 269 g/mol. The van der Waals surface area contributed by atoms with E-state index in [0.717, 1.165) is 6.07 Å². The molecule has 0 spiro atoms. The highest BCUT2D eigenvalue weighted by Gasteiger charge is 2.08. The van der Waals surface area contributed by atoms with Gasteiger partial charge in [-0.2, -0.15) is 0 Å². The summed E-state index contributed by atoms with van der Waals surface area (Å²) in [4.78, 5) is 11.8. The summed E-state index contributed by atoms with van der Waals surface area (Å²) >= 11 is 5.85. The minimum Gasteiger partial charge on any atom is -0.508 e. The Bertz CT molecular complexity index is 616. The smallest absolute Gasteiger partial charge is 0.228 e. The van der Waals surface area contributed by atoms with Crippen LogP contribution < -0.4 is 5.32 Å². The topological polar surface area (TPSA) is 49.3 Å². The quantitative estimate of drug-likeness (QED) is 0.905. The van der Waals surface area contributed by atoms with Gasteiger partial charge < -0.3 is 10.4 Å². The lowest BCUT2D eigenvalue weighted by atomic mass is 10.1. The Morgan fingerprint density at radius 2 is 2.05 bits per heavy atom. The van der Waals surface area contributed by atoms with Crippen molar-refractivity contribution in [2.75, 3.05) is 5.32 Å². The lowest BCUT2D eigenvalue weighted by Crippen LogP contribution is -2.14. The largest absolute Gasteiger partial charge is 0.508 e. The van der Waals surface area contributed by atoms with Crippen molar-refractivity contribution in [1.29, 1.82) is 0 Å². The summed E-state index contributed by atoms with van der Waals surface area (Å²) in [6, 6.07) is 10.1. The molecule has 19 heavy (non-hydrogen) atoms. The molecule has 98 valence electrons. The molecule has 0 aliphatic carbocycles. The van der Waals surface area contributed by atoms with Gasteiger partial charge >= 0.3 is 0 Å². The molecule has 1 amide bonds. The monoisotopic (exact) mass is 279 g/mol. The van der Waals surface area contributed by atoms with Crippen LogP contribution in [0.1, 0.15) is 5.56 Å². The van der Waals surface area contributed by atoms with Gasteiger partial charge in [-0.05, 0) is 35.9 Å². The first-order valence-corrected chi connectivity index (χ1v) is 5.95. The van der Waals surface area contributed by atoms with Gasteiger partial charge in [0.15, 0.2) is 0 Å². The number of nitrogens with one attached hydrogen (secondary N) is 1. The highest BCUT2D eigenvalue weighted by Crippen LogP contribution is 2.22. The number of halogens is 2. The summed E-state index contributed by atoms with van der Waals surface area (Å²) in [5.74, 6) is -0.718. The maximum absolute atomic E-state index is 13.0. The Kier molecular flexibility index (Phi) is 4.02. The van der Waals surface area contributed by atoms with Crippen molar-refractivity contribution in [2.24, 2.45) is 0 Å². The third-order valence-electron chi connectivity index (χ3n) is 2.48. The molecule has 0 heterocycles. The standard InChI is InChI=1S/C14H11ClFNO2/c15-12-5-4-10(16)8-13(12)17-14(19)7-9-2-1-3-11(18)6-9/h1-6,8,18H,7H2,(H,17,19). The average Bonchev–Trinajstić information content (AvgIpc) is 2.34. The van der Waals surface area contributed by atoms with E-state index in [9.17, 15) is 14.3 Å². The van der Waals surface area contributed by atoms with Gasteiger partial charge in [0, 0.05) is 0 Å². The molecular formula is C14H11ClFNO2. The summed E-state index contributed by atoms with van der Waals surface area (Å²) < 4.78 is 13.0. The van der Waals surface area contributed by atoms with Gasteiger partial charge in [-0.25, -0.2) is 4.39 Å². The van der Waals surface area contributed by atoms with E-state index < -0.39 is 5.82 Å². The third kappa shape index (κ3) is 3.69. The number of hydrogen-bond acceptors (Lipinski definition) is 2. The van der Waals surface area contributed by atoms with Crippen LogP contribution >= 0.6 is 11.6 Å². The van der Waals surface area contributed by atoms with Crippen LogP contribution in [0, 0.1) is 5.82 Å². The number of phenols is 1. The number of amides is 1. The van der Waals surface area contributed by atoms with Crippen molar-refractivity contribution in [3.8, 4) is 5.75 Å². The predicted octanol–water partition coefficient (Wildman–Crippen LogP) is 3.37. The highest BCUT2D eigenvalue weighted by molar-refractivity contribution is 6.33. The van der Waals surface area contributed by atoms with E-state index in [1.54, 1.807) is 12.1 Å². The van der Waals surface area contributed by atoms with Crippen molar-refractivity contribution in [2.45, 2.75) is 6.42 Å². The second kappa shape index (κ2) is 5.71. The van der Waals surface area contributed by atoms with Gasteiger partial charge in [0.05, 0.1) is 17.1 Å². The number of anilines is 1. The van der Waals surface area contributed by atoms with Crippen LogP contribution in [-0.2, 0) is 11.2 Å². The molecule has 0 aromatic heterocycles. The summed E-state index contributed by atoms with van der Waals surface area (Å²) in [5.41, 5.74) is 0.886. The normalized spacial score (nSPS) is 10.2. The molecule has 2 aromatic rings. The molecule has 0 fully saturated rings. The lowest BCUT2D eigenvalue weighted by Gasteiger charge is -2.07. The molecule has 0 saturated carbocycles. The summed E-state index contributed by atoms with van der Waals surface area (Å²) in [7, 11) is 0. The van der Waals surface area contributed by atoms with E-state index in [2.05, 4.69) is 5.32 Å². The van der Waals surface area contributed by atoms with Gasteiger partial charge in [0.25, 0.3) is 0 Å². The molecule has 0 radical (unpaired) electrons. The van der Waals surface area contributed by atoms with Crippen LogP contribution in [-0.4, -0.2) is 11.0 Å². The lowest BCUT2D eigenvalue weighted by molar-refractivity contribution is -0.115. The third-order valence-corrected chi connectivity index (χ3v) is 2.81. The van der Waals surface area contributed by atoms with E-state index in [1.165, 1.54) is 24.3 Å². The maximum Gasteiger partial charge on any atom is 0.228 e. The Morgan fingerprint density at radius 1 is 1.26 bits per heavy atom. The van der Waals surface area contributed by atoms with Crippen molar-refractivity contribution >= 4 is 23.2 Å². The van der Waals surface area contributed by atoms with Gasteiger partial charge in [0.1, 0.15) is 11.6 Å². The van der Waals surface area contributed by atoms with Gasteiger partial charge in [-0.1, -0.05) is 23.7 Å². The SMILES string of the molecule is O=C(Cc1cccc(O)c1)Nc1cc(F)ccc1Cl. The molecule has 0 saturated heterocycles. The van der Waals surface area contributed by atoms with Crippen LogP contribution in [0.15, 0.2) is 42.5 Å². The van der Waals surface area contributed by atoms with E-state index in [0.29, 0.717) is 5.56 Å². The number of aromatic hydroxyl groups is 1. The number of carbonyl (C=O) groups excluding carboxylic acids is 1. The molecule has 0 unspecified atom stereocenters. The number of carbonyl (C=O) groups is 1. The van der Waals surface area contributed by atoms with Gasteiger partial charge in [-0.3, -0.25) is 4.79 Å². The number of benzene rings is 2. The zero-order chi connectivity index (χ0) is 13.8. The zero-order valence-electron chi connectivity index (χ0n) is 9.86. The number of phenolic OH excluding ortho intramolecular Hbond substituents is 1. The highest BCUT2D eigenvalue weighted by atomic mass is 35.5. The molecule has 2 N–H and O–H groups in total. The van der Waals surface area contributed by atoms with Crippen molar-refractivity contribution in [3.05, 3.63) is 58.9 Å². The Morgan fingerprint density at radius 3 is 2.79 bits per heavy atom. The molecule has 0 bridgehead atoms. The van der Waals surface area contributed by atoms with Crippen molar-refractivity contribution in [3.63, 3.8) is 0 Å². The first kappa shape index (κ1) is 13.4. The van der Waals surface area contributed by atoms with E-state index in [-0.39, 0.29) is 28.8 Å². The van der Waals surface area contributed by atoms with Crippen LogP contribution in [0.2, 0.25) is 5.02 Å². The van der Waals surface area contributed by atoms with E-state index in [1.807, 2.05) is 0 Å². The Labute approximate surface area is 114 Å². The number of hydrogen-bond donors (Lipinski definition) is 2. The second-order valence-electron chi connectivity index (χ2n) is 4.02. The maximum atomic E-state index is 13.0. The van der Waals surface area contributed by atoms with Crippen LogP contribution in [0.4, 0.5) is 10.1 Å². The van der Waals surface area contributed by atoms with Crippen LogP contribution in [0.5, 0.6) is 5.75 Å². The summed E-state index contributed by atoms with van der Waals surface area (Å²) in [5, 5.41) is 12.1. The molecule has 0 aliphatic rings. The molecule has 3 nitrogen and oxygen atoms in total. The first-order valence-electron chi connectivity index (χ1n) is 5.57. The van der Waals surface area contributed by atoms with Crippen molar-refractivity contribution < 1.29 is 14.3 Å². The average molecular weight is 280 g/mol. The molecule has 0 atom stereocenters. The van der Waals surface area contributed by atoms with Crippen LogP contribution in [0.3, 0.4) is 0 Å². The fraction of sp³-hybridized carbons (Fsp3) is 0.0714. The minimum atomic E-state index is -0.475. The zero-order valence-corrected chi connectivity index (χ0v) is 10.6. The van der Waals surface area contributed by atoms with Gasteiger partial charge in [0.2, 0.25) is 5.91 Å². The van der Waals surface area contributed by atoms with Crippen molar-refractivity contribution in [1.82, 2.24) is 0 Å². The Balaban J connectivity index is 2.07. The number of rotatable bonds is 3. The van der Waals surface area contributed by atoms with E-state index in [4.69, 9.17) is 11.6 Å². The predicted molar refractivity (Wildman–Crippen MR) is 71.9 cm³/mol. The molecule has 2 rings (SSSR count). The fourth-order valence-electron chi connectivity index (χ4n) is 1.64. The Hall–Kier alpha value is -2.07. The summed E-state index contributed by atoms with van der Waals surface area (Å²) in [6.45, 7) is 0. The van der Waals surface area contributed by atoms with Crippen LogP contribution in [0.25, 0.3) is 0 Å². The van der Waals surface area contributed by atoms with E-state index >= 15 is 0 Å². The second-order valence-corrected chi connectivity index (χ2v) is 4.43. The fourth-order valence-corrected chi connectivity index (χ4v) is 1.80. The van der Waals surface area contributed by atoms with Gasteiger partial charge in [-0.15, -0.1) is 0 Å². The first-order chi connectivity index (χ1) is 9.04. The molecule has 0 aliphatic heterocycles.